The summed E-state index contributed by atoms with van der Waals surface area (Å²) in [4.78, 5) is 24.8. The number of aromatic amines is 1. The molecule has 0 aliphatic heterocycles. The van der Waals surface area contributed by atoms with Gasteiger partial charge in [0, 0.05) is 29.0 Å². The van der Waals surface area contributed by atoms with Crippen molar-refractivity contribution >= 4 is 40.9 Å². The molecule has 0 aromatic carbocycles. The minimum Gasteiger partial charge on any atom is -0.322 e. The van der Waals surface area contributed by atoms with Gasteiger partial charge in [0.25, 0.3) is 0 Å². The van der Waals surface area contributed by atoms with Crippen LogP contribution in [0, 0.1) is 6.92 Å². The van der Waals surface area contributed by atoms with Crippen molar-refractivity contribution in [3.05, 3.63) is 33.6 Å². The lowest BCUT2D eigenvalue weighted by Gasteiger charge is -2.05. The number of halogens is 1. The molecule has 2 N–H and O–H groups in total. The van der Waals surface area contributed by atoms with Crippen molar-refractivity contribution in [1.82, 2.24) is 25.1 Å². The van der Waals surface area contributed by atoms with E-state index in [-0.39, 0.29) is 0 Å². The Hall–Kier alpha value is -2.32. The van der Waals surface area contributed by atoms with E-state index in [0.717, 1.165) is 22.6 Å². The number of aldehydes is 1. The second-order valence-electron chi connectivity index (χ2n) is 5.90. The Bertz CT molecular complexity index is 933. The van der Waals surface area contributed by atoms with Gasteiger partial charge in [-0.2, -0.15) is 5.10 Å². The number of hydrogen-bond donors (Lipinski definition) is 2. The van der Waals surface area contributed by atoms with Crippen LogP contribution in [0.2, 0.25) is 5.02 Å². The van der Waals surface area contributed by atoms with Gasteiger partial charge >= 0.3 is 0 Å². The van der Waals surface area contributed by atoms with Crippen molar-refractivity contribution in [3.8, 4) is 10.8 Å². The average molecular weight is 375 g/mol. The van der Waals surface area contributed by atoms with Gasteiger partial charge in [-0.1, -0.05) is 11.6 Å². The molecule has 4 rings (SSSR count). The summed E-state index contributed by atoms with van der Waals surface area (Å²) in [7, 11) is 0. The number of aromatic nitrogens is 5. The third-order valence-corrected chi connectivity index (χ3v) is 5.41. The lowest BCUT2D eigenvalue weighted by atomic mass is 10.3. The molecule has 0 saturated heterocycles. The van der Waals surface area contributed by atoms with Crippen LogP contribution in [0.3, 0.4) is 0 Å². The maximum atomic E-state index is 10.7. The van der Waals surface area contributed by atoms with E-state index in [4.69, 9.17) is 11.6 Å². The van der Waals surface area contributed by atoms with Crippen molar-refractivity contribution in [3.63, 3.8) is 0 Å². The van der Waals surface area contributed by atoms with E-state index in [1.807, 2.05) is 13.0 Å². The average Bonchev–Trinajstić information content (AvgIpc) is 3.24. The van der Waals surface area contributed by atoms with Crippen LogP contribution in [0.15, 0.2) is 12.3 Å². The predicted molar refractivity (Wildman–Crippen MR) is 96.5 cm³/mol. The minimum atomic E-state index is 0.347. The Kier molecular flexibility index (Phi) is 4.22. The second kappa shape index (κ2) is 6.53. The molecular weight excluding hydrogens is 360 g/mol. The van der Waals surface area contributed by atoms with Gasteiger partial charge in [-0.3, -0.25) is 5.10 Å². The Morgan fingerprint density at radius 3 is 3.04 bits per heavy atom. The molecule has 0 spiro atoms. The van der Waals surface area contributed by atoms with Crippen molar-refractivity contribution in [1.29, 1.82) is 0 Å². The van der Waals surface area contributed by atoms with Crippen LogP contribution in [0.1, 0.15) is 35.0 Å². The smallest absolute Gasteiger partial charge is 0.190 e. The highest BCUT2D eigenvalue weighted by molar-refractivity contribution is 7.15. The summed E-state index contributed by atoms with van der Waals surface area (Å²) in [6, 6.07) is 1.98. The first-order chi connectivity index (χ1) is 12.1. The van der Waals surface area contributed by atoms with Gasteiger partial charge < -0.3 is 10.1 Å². The van der Waals surface area contributed by atoms with E-state index >= 15 is 0 Å². The summed E-state index contributed by atoms with van der Waals surface area (Å²) in [5.41, 5.74) is 1.95. The van der Waals surface area contributed by atoms with Gasteiger partial charge in [-0.15, -0.1) is 11.3 Å². The second-order valence-corrected chi connectivity index (χ2v) is 7.39. The summed E-state index contributed by atoms with van der Waals surface area (Å²) in [5.74, 6) is 2.21. The van der Waals surface area contributed by atoms with E-state index in [1.165, 1.54) is 30.4 Å². The summed E-state index contributed by atoms with van der Waals surface area (Å²) in [5, 5.41) is 11.5. The third-order valence-electron chi connectivity index (χ3n) is 3.96. The maximum Gasteiger partial charge on any atom is 0.190 e. The lowest BCUT2D eigenvalue weighted by molar-refractivity contribution is -0.107. The molecule has 3 heterocycles. The number of thiazole rings is 1. The normalized spacial score (nSPS) is 13.8. The zero-order chi connectivity index (χ0) is 17.4. The first-order valence-electron chi connectivity index (χ1n) is 7.89. The number of carbonyl (C=O) groups is 1. The molecule has 0 atom stereocenters. The van der Waals surface area contributed by atoms with Crippen LogP contribution >= 0.6 is 22.9 Å². The fraction of sp³-hybridized carbons (Fsp3) is 0.312. The number of hydrogen-bond acceptors (Lipinski definition) is 7. The predicted octanol–water partition coefficient (Wildman–Crippen LogP) is 3.65. The fourth-order valence-corrected chi connectivity index (χ4v) is 3.56. The minimum absolute atomic E-state index is 0.347. The molecule has 0 bridgehead atoms. The number of rotatable bonds is 6. The molecule has 3 aromatic heterocycles. The van der Waals surface area contributed by atoms with Gasteiger partial charge in [0.15, 0.2) is 22.5 Å². The molecule has 9 heteroatoms. The van der Waals surface area contributed by atoms with E-state index < -0.39 is 0 Å². The Morgan fingerprint density at radius 2 is 2.28 bits per heavy atom. The molecule has 1 saturated carbocycles. The van der Waals surface area contributed by atoms with Crippen LogP contribution in [0.4, 0.5) is 11.6 Å². The molecule has 128 valence electrons. The largest absolute Gasteiger partial charge is 0.322 e. The molecule has 25 heavy (non-hydrogen) atoms. The topological polar surface area (TPSA) is 96.5 Å². The Balaban J connectivity index is 1.61. The van der Waals surface area contributed by atoms with Crippen LogP contribution in [-0.2, 0) is 11.2 Å². The zero-order valence-corrected chi connectivity index (χ0v) is 15.0. The highest BCUT2D eigenvalue weighted by Crippen LogP contribution is 2.40. The van der Waals surface area contributed by atoms with Crippen molar-refractivity contribution in [2.45, 2.75) is 32.1 Å². The first-order valence-corrected chi connectivity index (χ1v) is 9.08. The van der Waals surface area contributed by atoms with Crippen LogP contribution < -0.4 is 5.32 Å². The van der Waals surface area contributed by atoms with Crippen LogP contribution in [0.25, 0.3) is 10.8 Å². The molecule has 0 radical (unpaired) electrons. The summed E-state index contributed by atoms with van der Waals surface area (Å²) >= 11 is 7.63. The molecule has 1 aliphatic carbocycles. The van der Waals surface area contributed by atoms with Crippen molar-refractivity contribution in [2.75, 3.05) is 5.32 Å². The third kappa shape index (κ3) is 3.40. The maximum absolute atomic E-state index is 10.7. The molecular formula is C16H15ClN6OS. The quantitative estimate of drug-likeness (QED) is 0.639. The molecule has 1 aliphatic rings. The molecule has 0 unspecified atom stereocenters. The summed E-state index contributed by atoms with van der Waals surface area (Å²) in [6.07, 6.45) is 5.16. The molecule has 0 amide bonds. The highest BCUT2D eigenvalue weighted by Gasteiger charge is 2.25. The Morgan fingerprint density at radius 1 is 1.44 bits per heavy atom. The van der Waals surface area contributed by atoms with Gasteiger partial charge in [0.05, 0.1) is 11.9 Å². The number of nitrogens with zero attached hydrogens (tertiary/aromatic N) is 4. The van der Waals surface area contributed by atoms with E-state index in [1.54, 1.807) is 0 Å². The molecule has 1 fully saturated rings. The molecule has 3 aromatic rings. The number of nitrogens with one attached hydrogen (secondary N) is 2. The van der Waals surface area contributed by atoms with Crippen LogP contribution in [0.5, 0.6) is 0 Å². The van der Waals surface area contributed by atoms with Crippen molar-refractivity contribution in [2.24, 2.45) is 0 Å². The Labute approximate surface area is 152 Å². The number of aryl methyl sites for hydroxylation is 1. The lowest BCUT2D eigenvalue weighted by Crippen LogP contribution is -1.98. The summed E-state index contributed by atoms with van der Waals surface area (Å²) in [6.45, 7) is 1.87. The number of carbonyl (C=O) groups excluding carboxylic acids is 1. The van der Waals surface area contributed by atoms with E-state index in [9.17, 15) is 4.79 Å². The van der Waals surface area contributed by atoms with Gasteiger partial charge in [0.1, 0.15) is 11.3 Å². The van der Waals surface area contributed by atoms with E-state index in [2.05, 4.69) is 30.5 Å². The fourth-order valence-electron chi connectivity index (χ4n) is 2.47. The van der Waals surface area contributed by atoms with Gasteiger partial charge in [-0.05, 0) is 19.8 Å². The standard InChI is InChI=1S/C16H15ClN6OS/c1-8-12(4-5-24)25-16(19-8)15-18-7-10(17)14(21-15)20-13-6-11(22-23-13)9-2-3-9/h5-7,9H,2-4H2,1H3,(H2,18,20,21,22,23). The summed E-state index contributed by atoms with van der Waals surface area (Å²) < 4.78 is 0. The molecule has 7 nitrogen and oxygen atoms in total. The highest BCUT2D eigenvalue weighted by atomic mass is 35.5. The zero-order valence-electron chi connectivity index (χ0n) is 13.4. The van der Waals surface area contributed by atoms with E-state index in [0.29, 0.717) is 39.8 Å². The first kappa shape index (κ1) is 16.2. The monoisotopic (exact) mass is 374 g/mol. The van der Waals surface area contributed by atoms with Gasteiger partial charge in [-0.25, -0.2) is 15.0 Å². The number of H-pyrrole nitrogens is 1. The number of anilines is 2. The van der Waals surface area contributed by atoms with Crippen LogP contribution in [-0.4, -0.2) is 31.4 Å². The van der Waals surface area contributed by atoms with Crippen molar-refractivity contribution < 1.29 is 4.79 Å². The van der Waals surface area contributed by atoms with Gasteiger partial charge in [0.2, 0.25) is 0 Å². The SMILES string of the molecule is Cc1nc(-c2ncc(Cl)c(Nc3cc(C4CC4)[nH]n3)n2)sc1CC=O.